The average Bonchev–Trinajstić information content (AvgIpc) is 2.72. The molecule has 0 unspecified atom stereocenters. The Balaban J connectivity index is 2.44. The highest BCUT2D eigenvalue weighted by molar-refractivity contribution is 7.92. The van der Waals surface area contributed by atoms with Gasteiger partial charge in [0.2, 0.25) is 15.9 Å². The van der Waals surface area contributed by atoms with Crippen LogP contribution in [-0.4, -0.2) is 26.6 Å². The second-order valence-corrected chi connectivity index (χ2v) is 6.11. The minimum absolute atomic E-state index is 0.0734. The van der Waals surface area contributed by atoms with Gasteiger partial charge in [-0.2, -0.15) is 0 Å². The second kappa shape index (κ2) is 4.03. The third-order valence-corrected chi connectivity index (χ3v) is 4.70. The molecule has 1 aromatic rings. The van der Waals surface area contributed by atoms with E-state index in [2.05, 4.69) is 0 Å². The first-order valence-corrected chi connectivity index (χ1v) is 7.00. The summed E-state index contributed by atoms with van der Waals surface area (Å²) in [5.74, 6) is -0.422. The molecule has 92 valence electrons. The van der Waals surface area contributed by atoms with Crippen molar-refractivity contribution in [1.29, 1.82) is 0 Å². The Kier molecular flexibility index (Phi) is 2.82. The van der Waals surface area contributed by atoms with Gasteiger partial charge < -0.3 is 5.73 Å². The van der Waals surface area contributed by atoms with Crippen LogP contribution in [0.1, 0.15) is 22.8 Å². The molecule has 0 bridgehead atoms. The Bertz CT molecular complexity index is 566. The number of hydrogen-bond acceptors (Lipinski definition) is 3. The SMILES string of the molecule is CCS(=O)(=O)N1CCc2cc(C(N)=O)ccc21. The van der Waals surface area contributed by atoms with Crippen LogP contribution in [0, 0.1) is 0 Å². The number of hydrogen-bond donors (Lipinski definition) is 1. The third-order valence-electron chi connectivity index (χ3n) is 2.92. The number of amides is 1. The number of rotatable bonds is 3. The lowest BCUT2D eigenvalue weighted by Crippen LogP contribution is -2.30. The molecule has 1 aromatic carbocycles. The van der Waals surface area contributed by atoms with Crippen molar-refractivity contribution < 1.29 is 13.2 Å². The van der Waals surface area contributed by atoms with Crippen LogP contribution in [0.5, 0.6) is 0 Å². The summed E-state index contributed by atoms with van der Waals surface area (Å²) in [4.78, 5) is 11.0. The number of sulfonamides is 1. The number of nitrogens with zero attached hydrogens (tertiary/aromatic N) is 1. The van der Waals surface area contributed by atoms with Crippen molar-refractivity contribution in [2.75, 3.05) is 16.6 Å². The van der Waals surface area contributed by atoms with Gasteiger partial charge in [0, 0.05) is 12.1 Å². The molecule has 6 heteroatoms. The fourth-order valence-electron chi connectivity index (χ4n) is 1.97. The number of anilines is 1. The normalized spacial score (nSPS) is 14.8. The third kappa shape index (κ3) is 2.00. The molecule has 17 heavy (non-hydrogen) atoms. The van der Waals surface area contributed by atoms with E-state index in [9.17, 15) is 13.2 Å². The van der Waals surface area contributed by atoms with E-state index >= 15 is 0 Å². The first-order chi connectivity index (χ1) is 7.95. The van der Waals surface area contributed by atoms with Gasteiger partial charge in [0.05, 0.1) is 11.4 Å². The van der Waals surface area contributed by atoms with E-state index in [0.29, 0.717) is 24.2 Å². The van der Waals surface area contributed by atoms with Gasteiger partial charge >= 0.3 is 0 Å². The monoisotopic (exact) mass is 254 g/mol. The van der Waals surface area contributed by atoms with Crippen molar-refractivity contribution in [2.45, 2.75) is 13.3 Å². The Morgan fingerprint density at radius 3 is 2.76 bits per heavy atom. The second-order valence-electron chi connectivity index (χ2n) is 3.93. The van der Waals surface area contributed by atoms with Crippen LogP contribution in [0.25, 0.3) is 0 Å². The summed E-state index contributed by atoms with van der Waals surface area (Å²) in [7, 11) is -3.23. The molecule has 0 aromatic heterocycles. The van der Waals surface area contributed by atoms with E-state index in [0.717, 1.165) is 5.56 Å². The van der Waals surface area contributed by atoms with Crippen molar-refractivity contribution >= 4 is 21.6 Å². The Morgan fingerprint density at radius 1 is 1.47 bits per heavy atom. The molecule has 0 saturated carbocycles. The Morgan fingerprint density at radius 2 is 2.18 bits per heavy atom. The lowest BCUT2D eigenvalue weighted by atomic mass is 10.1. The summed E-state index contributed by atoms with van der Waals surface area (Å²) in [6, 6.07) is 4.88. The van der Waals surface area contributed by atoms with Crippen molar-refractivity contribution in [3.05, 3.63) is 29.3 Å². The topological polar surface area (TPSA) is 80.5 Å². The molecule has 0 aliphatic carbocycles. The van der Waals surface area contributed by atoms with E-state index in [4.69, 9.17) is 5.73 Å². The van der Waals surface area contributed by atoms with E-state index in [1.54, 1.807) is 25.1 Å². The van der Waals surface area contributed by atoms with Gasteiger partial charge in [0.1, 0.15) is 0 Å². The van der Waals surface area contributed by atoms with Gasteiger partial charge in [-0.1, -0.05) is 0 Å². The lowest BCUT2D eigenvalue weighted by Gasteiger charge is -2.18. The smallest absolute Gasteiger partial charge is 0.248 e. The molecule has 1 aliphatic heterocycles. The molecule has 0 atom stereocenters. The van der Waals surface area contributed by atoms with E-state index in [1.165, 1.54) is 4.31 Å². The first kappa shape index (κ1) is 11.9. The molecule has 5 nitrogen and oxygen atoms in total. The molecular formula is C11H14N2O3S. The maximum absolute atomic E-state index is 11.8. The average molecular weight is 254 g/mol. The standard InChI is InChI=1S/C11H14N2O3S/c1-2-17(15,16)13-6-5-8-7-9(11(12)14)3-4-10(8)13/h3-4,7H,2,5-6H2,1H3,(H2,12,14). The van der Waals surface area contributed by atoms with Crippen molar-refractivity contribution in [1.82, 2.24) is 0 Å². The first-order valence-electron chi connectivity index (χ1n) is 5.39. The molecule has 0 fully saturated rings. The van der Waals surface area contributed by atoms with Crippen LogP contribution in [0.2, 0.25) is 0 Å². The number of primary amides is 1. The van der Waals surface area contributed by atoms with Gasteiger partial charge in [-0.3, -0.25) is 9.10 Å². The highest BCUT2D eigenvalue weighted by Crippen LogP contribution is 2.31. The predicted molar refractivity (Wildman–Crippen MR) is 65.5 cm³/mol. The summed E-state index contributed by atoms with van der Waals surface area (Å²) in [5.41, 5.74) is 7.12. The van der Waals surface area contributed by atoms with Crippen molar-refractivity contribution in [2.24, 2.45) is 5.73 Å². The lowest BCUT2D eigenvalue weighted by molar-refractivity contribution is 0.1000. The number of carbonyl (C=O) groups is 1. The number of nitrogens with two attached hydrogens (primary N) is 1. The van der Waals surface area contributed by atoms with Gasteiger partial charge in [0.15, 0.2) is 0 Å². The Labute approximate surface area is 100 Å². The van der Waals surface area contributed by atoms with E-state index < -0.39 is 15.9 Å². The van der Waals surface area contributed by atoms with Crippen LogP contribution in [0.4, 0.5) is 5.69 Å². The van der Waals surface area contributed by atoms with Crippen LogP contribution in [-0.2, 0) is 16.4 Å². The summed E-state index contributed by atoms with van der Waals surface area (Å²) < 4.78 is 25.0. The van der Waals surface area contributed by atoms with Crippen molar-refractivity contribution in [3.63, 3.8) is 0 Å². The number of benzene rings is 1. The van der Waals surface area contributed by atoms with Crippen LogP contribution in [0.15, 0.2) is 18.2 Å². The number of carbonyl (C=O) groups excluding carboxylic acids is 1. The molecule has 0 spiro atoms. The van der Waals surface area contributed by atoms with E-state index in [1.807, 2.05) is 0 Å². The Hall–Kier alpha value is -1.56. The molecule has 1 amide bonds. The molecule has 1 aliphatic rings. The van der Waals surface area contributed by atoms with Crippen LogP contribution < -0.4 is 10.0 Å². The maximum Gasteiger partial charge on any atom is 0.248 e. The van der Waals surface area contributed by atoms with Gasteiger partial charge in [0.25, 0.3) is 0 Å². The minimum atomic E-state index is -3.23. The summed E-state index contributed by atoms with van der Waals surface area (Å²) >= 11 is 0. The van der Waals surface area contributed by atoms with Gasteiger partial charge in [-0.25, -0.2) is 8.42 Å². The van der Waals surface area contributed by atoms with Crippen molar-refractivity contribution in [3.8, 4) is 0 Å². The van der Waals surface area contributed by atoms with Crippen LogP contribution >= 0.6 is 0 Å². The predicted octanol–water partition coefficient (Wildman–Crippen LogP) is 0.498. The highest BCUT2D eigenvalue weighted by atomic mass is 32.2. The zero-order valence-electron chi connectivity index (χ0n) is 9.51. The fourth-order valence-corrected chi connectivity index (χ4v) is 3.13. The fraction of sp³-hybridized carbons (Fsp3) is 0.364. The zero-order valence-corrected chi connectivity index (χ0v) is 10.3. The van der Waals surface area contributed by atoms with Gasteiger partial charge in [-0.15, -0.1) is 0 Å². The molecule has 0 saturated heterocycles. The quantitative estimate of drug-likeness (QED) is 0.852. The number of fused-ring (bicyclic) bond motifs is 1. The molecule has 1 heterocycles. The molecule has 0 radical (unpaired) electrons. The molecule has 2 rings (SSSR count). The minimum Gasteiger partial charge on any atom is -0.366 e. The largest absolute Gasteiger partial charge is 0.366 e. The molecular weight excluding hydrogens is 240 g/mol. The summed E-state index contributed by atoms with van der Waals surface area (Å²) in [6.45, 7) is 2.05. The maximum atomic E-state index is 11.8. The zero-order chi connectivity index (χ0) is 12.6. The summed E-state index contributed by atoms with van der Waals surface area (Å²) in [6.07, 6.45) is 0.621. The van der Waals surface area contributed by atoms with Crippen LogP contribution in [0.3, 0.4) is 0 Å². The highest BCUT2D eigenvalue weighted by Gasteiger charge is 2.28. The molecule has 2 N–H and O–H groups in total. The van der Waals surface area contributed by atoms with E-state index in [-0.39, 0.29) is 5.75 Å². The van der Waals surface area contributed by atoms with Gasteiger partial charge in [-0.05, 0) is 37.1 Å². The summed E-state index contributed by atoms with van der Waals surface area (Å²) in [5, 5.41) is 0.